The first-order valence-electron chi connectivity index (χ1n) is 6.98. The molecule has 2 N–H and O–H groups in total. The van der Waals surface area contributed by atoms with Crippen molar-refractivity contribution in [3.63, 3.8) is 0 Å². The average Bonchev–Trinajstić information content (AvgIpc) is 2.75. The van der Waals surface area contributed by atoms with E-state index in [1.165, 1.54) is 29.0 Å². The van der Waals surface area contributed by atoms with Gasteiger partial charge in [0.05, 0.1) is 5.01 Å². The number of hydrogen-bond acceptors (Lipinski definition) is 3. The van der Waals surface area contributed by atoms with Crippen LogP contribution in [0.25, 0.3) is 0 Å². The number of fused-ring (bicyclic) bond motifs is 1. The van der Waals surface area contributed by atoms with Crippen LogP contribution in [0.4, 0.5) is 0 Å². The fraction of sp³-hybridized carbons (Fsp3) is 0.438. The lowest BCUT2D eigenvalue weighted by Gasteiger charge is -2.22. The number of nitrogens with zero attached hydrogens (tertiary/aromatic N) is 1. The summed E-state index contributed by atoms with van der Waals surface area (Å²) in [5.41, 5.74) is 10.4. The van der Waals surface area contributed by atoms with Gasteiger partial charge in [-0.2, -0.15) is 0 Å². The first-order valence-corrected chi connectivity index (χ1v) is 7.86. The number of hydrogen-bond donors (Lipinski definition) is 1. The maximum Gasteiger partial charge on any atom is 0.0931 e. The normalized spacial score (nSPS) is 22.8. The highest BCUT2D eigenvalue weighted by Gasteiger charge is 2.25. The molecule has 0 amide bonds. The van der Waals surface area contributed by atoms with Crippen LogP contribution >= 0.6 is 11.3 Å². The number of rotatable bonds is 2. The number of nitrogens with two attached hydrogens (primary N) is 1. The van der Waals surface area contributed by atoms with E-state index in [1.54, 1.807) is 11.3 Å². The van der Waals surface area contributed by atoms with Gasteiger partial charge in [0.2, 0.25) is 0 Å². The third kappa shape index (κ3) is 2.72. The van der Waals surface area contributed by atoms with Gasteiger partial charge in [0, 0.05) is 23.5 Å². The van der Waals surface area contributed by atoms with Crippen LogP contribution in [0.2, 0.25) is 0 Å². The summed E-state index contributed by atoms with van der Waals surface area (Å²) in [5, 5.41) is 3.36. The smallest absolute Gasteiger partial charge is 0.0931 e. The van der Waals surface area contributed by atoms with Gasteiger partial charge in [-0.15, -0.1) is 11.3 Å². The summed E-state index contributed by atoms with van der Waals surface area (Å²) in [6, 6.07) is 8.81. The molecule has 1 aliphatic carbocycles. The Labute approximate surface area is 118 Å². The number of thiazole rings is 1. The Kier molecular flexibility index (Phi) is 3.67. The van der Waals surface area contributed by atoms with E-state index >= 15 is 0 Å². The van der Waals surface area contributed by atoms with Gasteiger partial charge in [-0.1, -0.05) is 24.3 Å². The fourth-order valence-corrected chi connectivity index (χ4v) is 3.89. The molecule has 0 aliphatic heterocycles. The zero-order valence-corrected chi connectivity index (χ0v) is 12.1. The van der Waals surface area contributed by atoms with Crippen LogP contribution in [-0.4, -0.2) is 4.98 Å². The Hall–Kier alpha value is -1.19. The van der Waals surface area contributed by atoms with Crippen molar-refractivity contribution < 1.29 is 0 Å². The second kappa shape index (κ2) is 5.43. The zero-order valence-electron chi connectivity index (χ0n) is 11.3. The summed E-state index contributed by atoms with van der Waals surface area (Å²) in [6.07, 6.45) is 4.62. The largest absolute Gasteiger partial charge is 0.324 e. The summed E-state index contributed by atoms with van der Waals surface area (Å²) < 4.78 is 0. The van der Waals surface area contributed by atoms with Crippen LogP contribution < -0.4 is 5.73 Å². The quantitative estimate of drug-likeness (QED) is 0.848. The summed E-state index contributed by atoms with van der Waals surface area (Å²) >= 11 is 1.77. The van der Waals surface area contributed by atoms with E-state index in [2.05, 4.69) is 41.6 Å². The molecule has 1 aromatic carbocycles. The lowest BCUT2D eigenvalue weighted by molar-refractivity contribution is 0.401. The molecular weight excluding hydrogens is 252 g/mol. The van der Waals surface area contributed by atoms with Gasteiger partial charge in [-0.25, -0.2) is 4.98 Å². The molecule has 0 bridgehead atoms. The van der Waals surface area contributed by atoms with Crippen LogP contribution in [0.5, 0.6) is 0 Å². The molecule has 0 radical (unpaired) electrons. The van der Waals surface area contributed by atoms with Crippen LogP contribution in [0.3, 0.4) is 0 Å². The molecule has 0 fully saturated rings. The van der Waals surface area contributed by atoms with Crippen LogP contribution in [0.15, 0.2) is 29.6 Å². The molecule has 3 heteroatoms. The van der Waals surface area contributed by atoms with Crippen molar-refractivity contribution in [2.75, 3.05) is 0 Å². The molecule has 0 saturated carbocycles. The van der Waals surface area contributed by atoms with E-state index in [1.807, 2.05) is 0 Å². The Bertz CT molecular complexity index is 561. The molecule has 19 heavy (non-hydrogen) atoms. The molecule has 2 atom stereocenters. The second-order valence-corrected chi connectivity index (χ2v) is 6.41. The average molecular weight is 272 g/mol. The minimum Gasteiger partial charge on any atom is -0.324 e. The van der Waals surface area contributed by atoms with Crippen molar-refractivity contribution in [1.82, 2.24) is 4.98 Å². The molecular formula is C16H20N2S. The molecule has 1 aromatic heterocycles. The van der Waals surface area contributed by atoms with Crippen LogP contribution in [0, 0.1) is 12.8 Å². The molecule has 3 rings (SSSR count). The molecule has 100 valence electrons. The SMILES string of the molecule is Cc1csc(CC2CCCc3ccccc3C2N)n1. The maximum absolute atomic E-state index is 6.52. The van der Waals surface area contributed by atoms with Gasteiger partial charge in [-0.05, 0) is 43.2 Å². The van der Waals surface area contributed by atoms with Crippen molar-refractivity contribution in [3.8, 4) is 0 Å². The zero-order chi connectivity index (χ0) is 13.2. The minimum atomic E-state index is 0.155. The first kappa shape index (κ1) is 12.8. The second-order valence-electron chi connectivity index (χ2n) is 5.46. The topological polar surface area (TPSA) is 38.9 Å². The fourth-order valence-electron chi connectivity index (χ4n) is 3.03. The summed E-state index contributed by atoms with van der Waals surface area (Å²) in [4.78, 5) is 4.59. The molecule has 1 aliphatic rings. The highest BCUT2D eigenvalue weighted by Crippen LogP contribution is 2.34. The monoisotopic (exact) mass is 272 g/mol. The van der Waals surface area contributed by atoms with Gasteiger partial charge in [0.1, 0.15) is 0 Å². The van der Waals surface area contributed by atoms with Crippen molar-refractivity contribution >= 4 is 11.3 Å². The Balaban J connectivity index is 1.83. The van der Waals surface area contributed by atoms with E-state index < -0.39 is 0 Å². The van der Waals surface area contributed by atoms with E-state index in [9.17, 15) is 0 Å². The third-order valence-electron chi connectivity index (χ3n) is 4.05. The summed E-state index contributed by atoms with van der Waals surface area (Å²) in [7, 11) is 0. The molecule has 2 nitrogen and oxygen atoms in total. The third-order valence-corrected chi connectivity index (χ3v) is 5.04. The molecule has 2 unspecified atom stereocenters. The standard InChI is InChI=1S/C16H20N2S/c1-11-10-19-15(18-11)9-13-7-4-6-12-5-2-3-8-14(12)16(13)17/h2-3,5,8,10,13,16H,4,6-7,9,17H2,1H3. The highest BCUT2D eigenvalue weighted by molar-refractivity contribution is 7.09. The number of aryl methyl sites for hydroxylation is 2. The predicted octanol–water partition coefficient (Wildman–Crippen LogP) is 3.65. The maximum atomic E-state index is 6.52. The van der Waals surface area contributed by atoms with Crippen LogP contribution in [-0.2, 0) is 12.8 Å². The predicted molar refractivity (Wildman–Crippen MR) is 80.4 cm³/mol. The van der Waals surface area contributed by atoms with Crippen LogP contribution in [0.1, 0.15) is 40.7 Å². The van der Waals surface area contributed by atoms with Crippen molar-refractivity contribution in [2.45, 2.75) is 38.6 Å². The van der Waals surface area contributed by atoms with Gasteiger partial charge >= 0.3 is 0 Å². The van der Waals surface area contributed by atoms with E-state index in [0.717, 1.165) is 18.5 Å². The molecule has 0 saturated heterocycles. The molecule has 1 heterocycles. The minimum absolute atomic E-state index is 0.155. The van der Waals surface area contributed by atoms with Gasteiger partial charge in [-0.3, -0.25) is 0 Å². The van der Waals surface area contributed by atoms with E-state index in [-0.39, 0.29) is 6.04 Å². The van der Waals surface area contributed by atoms with E-state index in [0.29, 0.717) is 5.92 Å². The van der Waals surface area contributed by atoms with Gasteiger partial charge < -0.3 is 5.73 Å². The first-order chi connectivity index (χ1) is 9.24. The van der Waals surface area contributed by atoms with E-state index in [4.69, 9.17) is 5.73 Å². The van der Waals surface area contributed by atoms with Gasteiger partial charge in [0.25, 0.3) is 0 Å². The number of benzene rings is 1. The summed E-state index contributed by atoms with van der Waals surface area (Å²) in [6.45, 7) is 2.06. The Morgan fingerprint density at radius 1 is 1.37 bits per heavy atom. The lowest BCUT2D eigenvalue weighted by Crippen LogP contribution is -2.22. The summed E-state index contributed by atoms with van der Waals surface area (Å²) in [5.74, 6) is 0.522. The van der Waals surface area contributed by atoms with Crippen molar-refractivity contribution in [2.24, 2.45) is 11.7 Å². The number of aromatic nitrogens is 1. The Morgan fingerprint density at radius 2 is 2.21 bits per heavy atom. The molecule has 2 aromatic rings. The van der Waals surface area contributed by atoms with Crippen molar-refractivity contribution in [1.29, 1.82) is 0 Å². The van der Waals surface area contributed by atoms with Gasteiger partial charge in [0.15, 0.2) is 0 Å². The lowest BCUT2D eigenvalue weighted by atomic mass is 9.89. The van der Waals surface area contributed by atoms with Crippen molar-refractivity contribution in [3.05, 3.63) is 51.5 Å². The Morgan fingerprint density at radius 3 is 3.00 bits per heavy atom. The highest BCUT2D eigenvalue weighted by atomic mass is 32.1. The molecule has 0 spiro atoms.